The van der Waals surface area contributed by atoms with Crippen molar-refractivity contribution in [2.75, 3.05) is 11.6 Å². The lowest BCUT2D eigenvalue weighted by molar-refractivity contribution is -0.116. The van der Waals surface area contributed by atoms with Crippen LogP contribution in [0.1, 0.15) is 12.1 Å². The molecule has 10 heteroatoms. The molecule has 7 nitrogen and oxygen atoms in total. The van der Waals surface area contributed by atoms with Crippen molar-refractivity contribution in [3.05, 3.63) is 65.8 Å². The maximum atomic E-state index is 12.5. The van der Waals surface area contributed by atoms with Crippen molar-refractivity contribution in [1.82, 2.24) is 14.4 Å². The molecule has 0 aliphatic heterocycles. The molecule has 0 unspecified atom stereocenters. The van der Waals surface area contributed by atoms with Crippen molar-refractivity contribution in [3.8, 4) is 11.3 Å². The van der Waals surface area contributed by atoms with Crippen LogP contribution < -0.4 is 5.32 Å². The first kappa shape index (κ1) is 20.8. The number of amides is 1. The molecule has 3 aromatic heterocycles. The van der Waals surface area contributed by atoms with E-state index in [1.54, 1.807) is 23.5 Å². The number of rotatable bonds is 6. The molecule has 5 rings (SSSR count). The standard InChI is InChI=1S/C22H18N4O3S3/c1-32(28,29)16-8-9-17-19(11-16)31-21(23-17)25-20(27)10-7-15-13-30-22-24-18(12-26(15)22)14-5-3-2-4-6-14/h2-6,8-9,11-13H,7,10H2,1H3,(H,23,25,27). The van der Waals surface area contributed by atoms with E-state index in [1.807, 2.05) is 46.3 Å². The van der Waals surface area contributed by atoms with Gasteiger partial charge in [-0.2, -0.15) is 0 Å². The van der Waals surface area contributed by atoms with E-state index in [0.29, 0.717) is 23.5 Å². The molecule has 0 spiro atoms. The van der Waals surface area contributed by atoms with E-state index in [1.165, 1.54) is 23.7 Å². The normalized spacial score (nSPS) is 11.9. The number of anilines is 1. The fraction of sp³-hybridized carbons (Fsp3) is 0.136. The number of aryl methyl sites for hydroxylation is 1. The van der Waals surface area contributed by atoms with Gasteiger partial charge in [0, 0.05) is 35.5 Å². The van der Waals surface area contributed by atoms with Crippen LogP contribution in [0.5, 0.6) is 0 Å². The summed E-state index contributed by atoms with van der Waals surface area (Å²) in [5, 5.41) is 5.31. The van der Waals surface area contributed by atoms with Crippen LogP contribution in [0.4, 0.5) is 5.13 Å². The number of thiazole rings is 2. The first-order valence-electron chi connectivity index (χ1n) is 9.78. The predicted octanol–water partition coefficient (Wildman–Crippen LogP) is 4.65. The number of hydrogen-bond acceptors (Lipinski definition) is 7. The number of hydrogen-bond donors (Lipinski definition) is 1. The second-order valence-corrected chi connectivity index (χ2v) is 11.2. The zero-order valence-corrected chi connectivity index (χ0v) is 19.4. The van der Waals surface area contributed by atoms with Gasteiger partial charge in [-0.3, -0.25) is 9.20 Å². The first-order valence-corrected chi connectivity index (χ1v) is 13.4. The fourth-order valence-electron chi connectivity index (χ4n) is 3.37. The molecule has 0 aliphatic carbocycles. The van der Waals surface area contributed by atoms with Gasteiger partial charge in [0.1, 0.15) is 0 Å². The largest absolute Gasteiger partial charge is 0.302 e. The summed E-state index contributed by atoms with van der Waals surface area (Å²) in [6.45, 7) is 0. The van der Waals surface area contributed by atoms with Gasteiger partial charge >= 0.3 is 0 Å². The Morgan fingerprint density at radius 2 is 1.94 bits per heavy atom. The van der Waals surface area contributed by atoms with Crippen LogP contribution in [0.25, 0.3) is 26.4 Å². The Bertz CT molecular complexity index is 1550. The summed E-state index contributed by atoms with van der Waals surface area (Å²) in [5.41, 5.74) is 3.65. The van der Waals surface area contributed by atoms with Gasteiger partial charge < -0.3 is 5.32 Å². The number of carbonyl (C=O) groups is 1. The van der Waals surface area contributed by atoms with Crippen LogP contribution in [0.2, 0.25) is 0 Å². The molecule has 0 aliphatic rings. The molecule has 2 aromatic carbocycles. The molecule has 0 saturated carbocycles. The van der Waals surface area contributed by atoms with E-state index in [2.05, 4.69) is 15.3 Å². The third-order valence-corrected chi connectivity index (χ3v) is 7.93. The number of sulfone groups is 1. The molecule has 0 saturated heterocycles. The molecular formula is C22H18N4O3S3. The highest BCUT2D eigenvalue weighted by Gasteiger charge is 2.14. The Hall–Kier alpha value is -3.08. The third kappa shape index (κ3) is 4.16. The molecule has 1 amide bonds. The number of benzene rings is 2. The molecule has 3 heterocycles. The second kappa shape index (κ2) is 8.12. The van der Waals surface area contributed by atoms with Crippen molar-refractivity contribution in [2.24, 2.45) is 0 Å². The number of nitrogens with one attached hydrogen (secondary N) is 1. The van der Waals surface area contributed by atoms with Crippen molar-refractivity contribution in [1.29, 1.82) is 0 Å². The summed E-state index contributed by atoms with van der Waals surface area (Å²) in [5.74, 6) is -0.143. The number of aromatic nitrogens is 3. The van der Waals surface area contributed by atoms with Gasteiger partial charge in [0.2, 0.25) is 5.91 Å². The summed E-state index contributed by atoms with van der Waals surface area (Å²) in [7, 11) is -3.29. The molecule has 0 fully saturated rings. The van der Waals surface area contributed by atoms with Crippen molar-refractivity contribution < 1.29 is 13.2 Å². The number of carbonyl (C=O) groups excluding carboxylic acids is 1. The van der Waals surface area contributed by atoms with E-state index in [4.69, 9.17) is 0 Å². The van der Waals surface area contributed by atoms with Gasteiger partial charge in [-0.15, -0.1) is 11.3 Å². The summed E-state index contributed by atoms with van der Waals surface area (Å²) < 4.78 is 26.2. The highest BCUT2D eigenvalue weighted by molar-refractivity contribution is 7.90. The summed E-state index contributed by atoms with van der Waals surface area (Å²) in [6, 6.07) is 14.8. The highest BCUT2D eigenvalue weighted by Crippen LogP contribution is 2.29. The van der Waals surface area contributed by atoms with Crippen LogP contribution in [0, 0.1) is 0 Å². The molecule has 0 bridgehead atoms. The summed E-state index contributed by atoms with van der Waals surface area (Å²) >= 11 is 2.81. The van der Waals surface area contributed by atoms with Gasteiger partial charge in [-0.25, -0.2) is 18.4 Å². The minimum Gasteiger partial charge on any atom is -0.302 e. The van der Waals surface area contributed by atoms with E-state index >= 15 is 0 Å². The van der Waals surface area contributed by atoms with Crippen LogP contribution in [-0.2, 0) is 21.1 Å². The fourth-order valence-corrected chi connectivity index (χ4v) is 5.92. The van der Waals surface area contributed by atoms with Gasteiger partial charge in [-0.1, -0.05) is 41.7 Å². The topological polar surface area (TPSA) is 93.4 Å². The predicted molar refractivity (Wildman–Crippen MR) is 128 cm³/mol. The zero-order valence-electron chi connectivity index (χ0n) is 17.0. The Morgan fingerprint density at radius 3 is 2.72 bits per heavy atom. The summed E-state index contributed by atoms with van der Waals surface area (Å²) in [6.07, 6.45) is 4.04. The van der Waals surface area contributed by atoms with Crippen molar-refractivity contribution >= 4 is 58.7 Å². The van der Waals surface area contributed by atoms with Crippen LogP contribution in [0.3, 0.4) is 0 Å². The summed E-state index contributed by atoms with van der Waals surface area (Å²) in [4.78, 5) is 22.7. The molecule has 32 heavy (non-hydrogen) atoms. The SMILES string of the molecule is CS(=O)(=O)c1ccc2nc(NC(=O)CCc3csc4nc(-c5ccccc5)cn34)sc2c1. The first-order chi connectivity index (χ1) is 15.4. The van der Waals surface area contributed by atoms with Gasteiger partial charge in [0.05, 0.1) is 20.8 Å². The van der Waals surface area contributed by atoms with Gasteiger partial charge in [-0.05, 0) is 24.6 Å². The Labute approximate surface area is 192 Å². The Balaban J connectivity index is 1.28. The maximum absolute atomic E-state index is 12.5. The molecule has 5 aromatic rings. The minimum absolute atomic E-state index is 0.143. The lowest BCUT2D eigenvalue weighted by Crippen LogP contribution is -2.12. The highest BCUT2D eigenvalue weighted by atomic mass is 32.2. The third-order valence-electron chi connectivity index (χ3n) is 5.00. The monoisotopic (exact) mass is 482 g/mol. The molecule has 162 valence electrons. The maximum Gasteiger partial charge on any atom is 0.226 e. The average Bonchev–Trinajstić information content (AvgIpc) is 3.45. The molecule has 0 radical (unpaired) electrons. The van der Waals surface area contributed by atoms with E-state index in [9.17, 15) is 13.2 Å². The quantitative estimate of drug-likeness (QED) is 0.380. The van der Waals surface area contributed by atoms with Gasteiger partial charge in [0.25, 0.3) is 0 Å². The minimum atomic E-state index is -3.29. The smallest absolute Gasteiger partial charge is 0.226 e. The Morgan fingerprint density at radius 1 is 1.12 bits per heavy atom. The van der Waals surface area contributed by atoms with Crippen LogP contribution >= 0.6 is 22.7 Å². The van der Waals surface area contributed by atoms with E-state index in [-0.39, 0.29) is 10.8 Å². The molecular weight excluding hydrogens is 464 g/mol. The number of fused-ring (bicyclic) bond motifs is 2. The van der Waals surface area contributed by atoms with E-state index in [0.717, 1.165) is 26.6 Å². The zero-order chi connectivity index (χ0) is 22.3. The lowest BCUT2D eigenvalue weighted by Gasteiger charge is -2.01. The van der Waals surface area contributed by atoms with Crippen molar-refractivity contribution in [3.63, 3.8) is 0 Å². The van der Waals surface area contributed by atoms with Crippen LogP contribution in [0.15, 0.2) is 65.0 Å². The Kier molecular flexibility index (Phi) is 5.28. The van der Waals surface area contributed by atoms with Crippen molar-refractivity contribution in [2.45, 2.75) is 17.7 Å². The molecule has 0 atom stereocenters. The average molecular weight is 483 g/mol. The molecule has 1 N–H and O–H groups in total. The van der Waals surface area contributed by atoms with E-state index < -0.39 is 9.84 Å². The van der Waals surface area contributed by atoms with Gasteiger partial charge in [0.15, 0.2) is 19.9 Å². The number of imidazole rings is 1. The van der Waals surface area contributed by atoms with Crippen LogP contribution in [-0.4, -0.2) is 34.9 Å². The number of nitrogens with zero attached hydrogens (tertiary/aromatic N) is 3. The lowest BCUT2D eigenvalue weighted by atomic mass is 10.2. The second-order valence-electron chi connectivity index (χ2n) is 7.34.